The summed E-state index contributed by atoms with van der Waals surface area (Å²) >= 11 is 0. The molecule has 120 valence electrons. The molecular weight excluding hydrogens is 284 g/mol. The fourth-order valence-electron chi connectivity index (χ4n) is 2.85. The average Bonchev–Trinajstić information content (AvgIpc) is 2.56. The first kappa shape index (κ1) is 15.5. The fourth-order valence-corrected chi connectivity index (χ4v) is 2.85. The summed E-state index contributed by atoms with van der Waals surface area (Å²) in [4.78, 5) is 9.04. The summed E-state index contributed by atoms with van der Waals surface area (Å²) in [5.74, 6) is 1.52. The van der Waals surface area contributed by atoms with Crippen molar-refractivity contribution in [2.75, 3.05) is 17.2 Å². The maximum Gasteiger partial charge on any atom is 0.224 e. The molecule has 0 spiro atoms. The summed E-state index contributed by atoms with van der Waals surface area (Å²) in [6.45, 7) is 2.88. The van der Waals surface area contributed by atoms with E-state index in [1.165, 1.54) is 25.7 Å². The SMILES string of the molecule is Cc1cc(Nc2ccccc2)nc(NCCC2=CCCCC2)n1. The van der Waals surface area contributed by atoms with Gasteiger partial charge in [0.05, 0.1) is 0 Å². The Balaban J connectivity index is 1.60. The maximum atomic E-state index is 4.56. The van der Waals surface area contributed by atoms with Crippen LogP contribution < -0.4 is 10.6 Å². The molecule has 0 fully saturated rings. The zero-order chi connectivity index (χ0) is 15.9. The van der Waals surface area contributed by atoms with Crippen molar-refractivity contribution in [1.29, 1.82) is 0 Å². The molecular formula is C19H24N4. The van der Waals surface area contributed by atoms with E-state index >= 15 is 0 Å². The molecule has 0 bridgehead atoms. The van der Waals surface area contributed by atoms with E-state index in [1.54, 1.807) is 5.57 Å². The second-order valence-electron chi connectivity index (χ2n) is 5.99. The van der Waals surface area contributed by atoms with Crippen molar-refractivity contribution in [3.63, 3.8) is 0 Å². The van der Waals surface area contributed by atoms with Gasteiger partial charge in [-0.1, -0.05) is 29.8 Å². The van der Waals surface area contributed by atoms with Gasteiger partial charge in [-0.3, -0.25) is 0 Å². The molecule has 0 unspecified atom stereocenters. The van der Waals surface area contributed by atoms with Gasteiger partial charge in [-0.15, -0.1) is 0 Å². The Kier molecular flexibility index (Phi) is 5.25. The molecule has 0 saturated heterocycles. The van der Waals surface area contributed by atoms with Crippen LogP contribution in [0.5, 0.6) is 0 Å². The van der Waals surface area contributed by atoms with E-state index in [1.807, 2.05) is 43.3 Å². The molecule has 0 atom stereocenters. The van der Waals surface area contributed by atoms with Gasteiger partial charge in [0.2, 0.25) is 5.95 Å². The van der Waals surface area contributed by atoms with E-state index in [0.29, 0.717) is 5.95 Å². The quantitative estimate of drug-likeness (QED) is 0.750. The fraction of sp³-hybridized carbons (Fsp3) is 0.368. The molecule has 0 radical (unpaired) electrons. The minimum atomic E-state index is 0.694. The molecule has 2 aromatic rings. The smallest absolute Gasteiger partial charge is 0.224 e. The minimum absolute atomic E-state index is 0.694. The van der Waals surface area contributed by atoms with Crippen LogP contribution in [-0.4, -0.2) is 16.5 Å². The molecule has 0 saturated carbocycles. The van der Waals surface area contributed by atoms with Gasteiger partial charge in [-0.05, 0) is 51.2 Å². The zero-order valence-corrected chi connectivity index (χ0v) is 13.7. The molecule has 0 aliphatic heterocycles. The largest absolute Gasteiger partial charge is 0.354 e. The van der Waals surface area contributed by atoms with Gasteiger partial charge in [0.15, 0.2) is 0 Å². The van der Waals surface area contributed by atoms with E-state index in [2.05, 4.69) is 26.7 Å². The number of hydrogen-bond donors (Lipinski definition) is 2. The average molecular weight is 308 g/mol. The summed E-state index contributed by atoms with van der Waals surface area (Å²) in [5, 5.41) is 6.68. The third-order valence-electron chi connectivity index (χ3n) is 4.01. The molecule has 4 nitrogen and oxygen atoms in total. The summed E-state index contributed by atoms with van der Waals surface area (Å²) in [5.41, 5.74) is 3.56. The van der Waals surface area contributed by atoms with Gasteiger partial charge in [0.1, 0.15) is 5.82 Å². The Hall–Kier alpha value is -2.36. The first-order valence-corrected chi connectivity index (χ1v) is 8.39. The van der Waals surface area contributed by atoms with Crippen molar-refractivity contribution in [2.45, 2.75) is 39.0 Å². The minimum Gasteiger partial charge on any atom is -0.354 e. The number of allylic oxidation sites excluding steroid dienone is 1. The Bertz CT molecular complexity index is 664. The Labute approximate surface area is 138 Å². The lowest BCUT2D eigenvalue weighted by molar-refractivity contribution is 0.679. The number of anilines is 3. The van der Waals surface area contributed by atoms with Crippen LogP contribution in [0.25, 0.3) is 0 Å². The van der Waals surface area contributed by atoms with E-state index in [0.717, 1.165) is 30.2 Å². The number of hydrogen-bond acceptors (Lipinski definition) is 4. The van der Waals surface area contributed by atoms with Gasteiger partial charge in [0, 0.05) is 24.0 Å². The predicted molar refractivity (Wildman–Crippen MR) is 96.2 cm³/mol. The zero-order valence-electron chi connectivity index (χ0n) is 13.7. The number of nitrogens with one attached hydrogen (secondary N) is 2. The lowest BCUT2D eigenvalue weighted by atomic mass is 9.97. The number of benzene rings is 1. The molecule has 23 heavy (non-hydrogen) atoms. The second kappa shape index (κ2) is 7.77. The van der Waals surface area contributed by atoms with Gasteiger partial charge in [-0.25, -0.2) is 4.98 Å². The first-order chi connectivity index (χ1) is 11.3. The van der Waals surface area contributed by atoms with Gasteiger partial charge in [-0.2, -0.15) is 4.98 Å². The Morgan fingerprint density at radius 2 is 1.96 bits per heavy atom. The molecule has 1 aliphatic carbocycles. The third kappa shape index (κ3) is 4.81. The van der Waals surface area contributed by atoms with Crippen LogP contribution in [0.3, 0.4) is 0 Å². The molecule has 3 rings (SSSR count). The van der Waals surface area contributed by atoms with Gasteiger partial charge < -0.3 is 10.6 Å². The molecule has 0 amide bonds. The Morgan fingerprint density at radius 3 is 2.74 bits per heavy atom. The normalized spacial score (nSPS) is 14.2. The second-order valence-corrected chi connectivity index (χ2v) is 5.99. The van der Waals surface area contributed by atoms with Gasteiger partial charge >= 0.3 is 0 Å². The number of para-hydroxylation sites is 1. The van der Waals surface area contributed by atoms with Crippen LogP contribution in [0.15, 0.2) is 48.0 Å². The van der Waals surface area contributed by atoms with E-state index in [4.69, 9.17) is 0 Å². The number of aryl methyl sites for hydroxylation is 1. The van der Waals surface area contributed by atoms with E-state index in [9.17, 15) is 0 Å². The van der Waals surface area contributed by atoms with Crippen molar-refractivity contribution in [3.05, 3.63) is 53.7 Å². The monoisotopic (exact) mass is 308 g/mol. The third-order valence-corrected chi connectivity index (χ3v) is 4.01. The van der Waals surface area contributed by atoms with Crippen LogP contribution in [0.4, 0.5) is 17.5 Å². The van der Waals surface area contributed by atoms with Crippen LogP contribution in [0, 0.1) is 6.92 Å². The summed E-state index contributed by atoms with van der Waals surface area (Å²) in [7, 11) is 0. The van der Waals surface area contributed by atoms with Crippen molar-refractivity contribution in [1.82, 2.24) is 9.97 Å². The lowest BCUT2D eigenvalue weighted by Gasteiger charge is -2.13. The summed E-state index contributed by atoms with van der Waals surface area (Å²) < 4.78 is 0. The Morgan fingerprint density at radius 1 is 1.09 bits per heavy atom. The van der Waals surface area contributed by atoms with Crippen LogP contribution >= 0.6 is 0 Å². The number of aromatic nitrogens is 2. The predicted octanol–water partition coefficient (Wildman–Crippen LogP) is 4.83. The highest BCUT2D eigenvalue weighted by atomic mass is 15.1. The van der Waals surface area contributed by atoms with Crippen molar-refractivity contribution in [2.24, 2.45) is 0 Å². The lowest BCUT2D eigenvalue weighted by Crippen LogP contribution is -2.09. The maximum absolute atomic E-state index is 4.56. The summed E-state index contributed by atoms with van der Waals surface area (Å²) in [6.07, 6.45) is 8.63. The standard InChI is InChI=1S/C19H24N4/c1-15-14-18(22-17-10-6-3-7-11-17)23-19(21-15)20-13-12-16-8-4-2-5-9-16/h3,6-8,10-11,14H,2,4-5,9,12-13H2,1H3,(H2,20,21,22,23). The van der Waals surface area contributed by atoms with Crippen LogP contribution in [0.1, 0.15) is 37.8 Å². The van der Waals surface area contributed by atoms with Crippen LogP contribution in [-0.2, 0) is 0 Å². The highest BCUT2D eigenvalue weighted by Crippen LogP contribution is 2.20. The molecule has 1 heterocycles. The molecule has 4 heteroatoms. The van der Waals surface area contributed by atoms with Crippen LogP contribution in [0.2, 0.25) is 0 Å². The number of rotatable bonds is 6. The van der Waals surface area contributed by atoms with E-state index < -0.39 is 0 Å². The van der Waals surface area contributed by atoms with E-state index in [-0.39, 0.29) is 0 Å². The highest BCUT2D eigenvalue weighted by Gasteiger charge is 2.05. The highest BCUT2D eigenvalue weighted by molar-refractivity contribution is 5.57. The number of nitrogens with zero attached hydrogens (tertiary/aromatic N) is 2. The molecule has 1 aromatic heterocycles. The molecule has 1 aliphatic rings. The first-order valence-electron chi connectivity index (χ1n) is 8.39. The van der Waals surface area contributed by atoms with Crippen molar-refractivity contribution in [3.8, 4) is 0 Å². The molecule has 2 N–H and O–H groups in total. The van der Waals surface area contributed by atoms with Gasteiger partial charge in [0.25, 0.3) is 0 Å². The van der Waals surface area contributed by atoms with Crippen molar-refractivity contribution >= 4 is 17.5 Å². The topological polar surface area (TPSA) is 49.8 Å². The molecule has 1 aromatic carbocycles. The summed E-state index contributed by atoms with van der Waals surface area (Å²) in [6, 6.07) is 12.0. The van der Waals surface area contributed by atoms with Crippen molar-refractivity contribution < 1.29 is 0 Å².